The summed E-state index contributed by atoms with van der Waals surface area (Å²) in [5.41, 5.74) is 10.2. The molecule has 0 radical (unpaired) electrons. The monoisotopic (exact) mass is 311 g/mol. The van der Waals surface area contributed by atoms with Gasteiger partial charge in [-0.3, -0.25) is 10.2 Å². The number of allylic oxidation sites excluding steroid dienone is 2. The van der Waals surface area contributed by atoms with Gasteiger partial charge in [-0.2, -0.15) is 0 Å². The number of hydrogen-bond donors (Lipinski definition) is 3. The molecule has 2 aliphatic heterocycles. The molecule has 0 aromatic heterocycles. The van der Waals surface area contributed by atoms with Gasteiger partial charge in [0.25, 0.3) is 0 Å². The summed E-state index contributed by atoms with van der Waals surface area (Å²) in [5.74, 6) is 0.815. The van der Waals surface area contributed by atoms with E-state index in [-0.39, 0.29) is 17.5 Å². The summed E-state index contributed by atoms with van der Waals surface area (Å²) in [5, 5.41) is 3.62. The highest BCUT2D eigenvalue weighted by Crippen LogP contribution is 2.48. The predicted octanol–water partition coefficient (Wildman–Crippen LogP) is 2.46. The second-order valence-electron chi connectivity index (χ2n) is 8.00. The van der Waals surface area contributed by atoms with Crippen LogP contribution in [-0.2, 0) is 4.79 Å². The first-order valence-corrected chi connectivity index (χ1v) is 8.55. The van der Waals surface area contributed by atoms with Crippen LogP contribution in [0, 0.1) is 11.3 Å². The zero-order valence-electron chi connectivity index (χ0n) is 14.0. The maximum absolute atomic E-state index is 13.0. The Hall–Kier alpha value is -1.65. The molecular weight excluding hydrogens is 286 g/mol. The van der Waals surface area contributed by atoms with Crippen LogP contribution in [0.2, 0.25) is 0 Å². The summed E-state index contributed by atoms with van der Waals surface area (Å²) in [4.78, 5) is 13.0. The van der Waals surface area contributed by atoms with E-state index in [1.165, 1.54) is 5.56 Å². The van der Waals surface area contributed by atoms with E-state index in [0.717, 1.165) is 17.7 Å². The Bertz CT molecular complexity index is 664. The van der Waals surface area contributed by atoms with Crippen molar-refractivity contribution in [3.8, 4) is 0 Å². The van der Waals surface area contributed by atoms with Gasteiger partial charge in [0, 0.05) is 35.6 Å². The quantitative estimate of drug-likeness (QED) is 0.746. The van der Waals surface area contributed by atoms with Crippen LogP contribution >= 0.6 is 0 Å². The molecule has 1 aromatic carbocycles. The van der Waals surface area contributed by atoms with Crippen molar-refractivity contribution in [3.63, 3.8) is 0 Å². The lowest BCUT2D eigenvalue weighted by Crippen LogP contribution is -2.52. The Kier molecular flexibility index (Phi) is 3.36. The van der Waals surface area contributed by atoms with Gasteiger partial charge in [-0.25, -0.2) is 5.43 Å². The maximum Gasteiger partial charge on any atom is 0.161 e. The predicted molar refractivity (Wildman–Crippen MR) is 90.4 cm³/mol. The van der Waals surface area contributed by atoms with Gasteiger partial charge < -0.3 is 5.32 Å². The van der Waals surface area contributed by atoms with Gasteiger partial charge in [0.2, 0.25) is 0 Å². The summed E-state index contributed by atoms with van der Waals surface area (Å²) < 4.78 is 0. The van der Waals surface area contributed by atoms with E-state index in [0.29, 0.717) is 24.2 Å². The number of fused-ring (bicyclic) bond motifs is 1. The number of rotatable bonds is 1. The molecule has 4 rings (SSSR count). The van der Waals surface area contributed by atoms with Crippen molar-refractivity contribution in [1.82, 2.24) is 16.2 Å². The number of carbonyl (C=O) groups excluding carboxylic acids is 1. The highest BCUT2D eigenvalue weighted by Gasteiger charge is 2.49. The van der Waals surface area contributed by atoms with Crippen molar-refractivity contribution in [2.45, 2.75) is 51.7 Å². The van der Waals surface area contributed by atoms with Crippen molar-refractivity contribution >= 4 is 5.78 Å². The number of nitrogens with one attached hydrogen (secondary N) is 3. The molecular formula is C19H25N3O. The first-order valence-electron chi connectivity index (χ1n) is 8.55. The molecule has 2 heterocycles. The summed E-state index contributed by atoms with van der Waals surface area (Å²) in [6.07, 6.45) is 1.76. The van der Waals surface area contributed by atoms with E-state index in [9.17, 15) is 4.79 Å². The first-order chi connectivity index (χ1) is 11.0. The number of hydrogen-bond acceptors (Lipinski definition) is 4. The third-order valence-electron chi connectivity index (χ3n) is 5.53. The number of Topliss-reactive ketones (excluding diaryl/α,β-unsaturated/α-hetero) is 1. The third kappa shape index (κ3) is 2.41. The van der Waals surface area contributed by atoms with Crippen molar-refractivity contribution < 1.29 is 4.79 Å². The minimum absolute atomic E-state index is 0.0363. The van der Waals surface area contributed by atoms with Crippen LogP contribution in [0.1, 0.15) is 45.1 Å². The molecule has 0 saturated carbocycles. The molecule has 122 valence electrons. The van der Waals surface area contributed by atoms with Crippen LogP contribution in [0.15, 0.2) is 41.6 Å². The van der Waals surface area contributed by atoms with Crippen molar-refractivity contribution in [1.29, 1.82) is 0 Å². The second-order valence-corrected chi connectivity index (χ2v) is 8.00. The number of ketones is 1. The van der Waals surface area contributed by atoms with Crippen molar-refractivity contribution in [2.24, 2.45) is 11.3 Å². The van der Waals surface area contributed by atoms with Gasteiger partial charge >= 0.3 is 0 Å². The average molecular weight is 311 g/mol. The summed E-state index contributed by atoms with van der Waals surface area (Å²) >= 11 is 0. The molecule has 4 nitrogen and oxygen atoms in total. The smallest absolute Gasteiger partial charge is 0.161 e. The highest BCUT2D eigenvalue weighted by atomic mass is 16.1. The van der Waals surface area contributed by atoms with Gasteiger partial charge in [0.15, 0.2) is 5.78 Å². The molecule has 1 saturated heterocycles. The molecule has 0 amide bonds. The fourth-order valence-electron chi connectivity index (χ4n) is 4.57. The van der Waals surface area contributed by atoms with E-state index < -0.39 is 0 Å². The zero-order valence-corrected chi connectivity index (χ0v) is 14.0. The standard InChI is InChI=1S/C19H25N3O/c1-11-15-16(12-7-5-4-6-8-12)17-13(20-18(15)22-21-11)9-19(2,3)10-14(17)23/h4-8,11,15-16,18,20-22H,9-10H2,1-3H3/t11?,15?,16-,18?/m0/s1. The van der Waals surface area contributed by atoms with Gasteiger partial charge in [-0.1, -0.05) is 44.2 Å². The van der Waals surface area contributed by atoms with Gasteiger partial charge in [-0.05, 0) is 24.3 Å². The lowest BCUT2D eigenvalue weighted by molar-refractivity contribution is -0.118. The normalized spacial score (nSPS) is 35.5. The molecule has 4 heteroatoms. The first kappa shape index (κ1) is 14.9. The number of hydrazine groups is 1. The van der Waals surface area contributed by atoms with Crippen LogP contribution in [0.25, 0.3) is 0 Å². The summed E-state index contributed by atoms with van der Waals surface area (Å²) in [6, 6.07) is 10.8. The topological polar surface area (TPSA) is 53.2 Å². The van der Waals surface area contributed by atoms with Gasteiger partial charge in [-0.15, -0.1) is 0 Å². The van der Waals surface area contributed by atoms with E-state index in [2.05, 4.69) is 61.2 Å². The summed E-state index contributed by atoms with van der Waals surface area (Å²) in [6.45, 7) is 6.56. The molecule has 1 aromatic rings. The molecule has 1 aliphatic carbocycles. The zero-order chi connectivity index (χ0) is 16.2. The minimum Gasteiger partial charge on any atom is -0.371 e. The molecule has 0 bridgehead atoms. The molecule has 1 fully saturated rings. The SMILES string of the molecule is CC1NNC2NC3=C(C(=O)CC(C)(C)C3)[C@@H](c3ccccc3)C12. The largest absolute Gasteiger partial charge is 0.371 e. The van der Waals surface area contributed by atoms with Gasteiger partial charge in [0.05, 0.1) is 6.17 Å². The van der Waals surface area contributed by atoms with Crippen LogP contribution in [0.3, 0.4) is 0 Å². The Balaban J connectivity index is 1.85. The fourth-order valence-corrected chi connectivity index (χ4v) is 4.57. The fraction of sp³-hybridized carbons (Fsp3) is 0.526. The lowest BCUT2D eigenvalue weighted by Gasteiger charge is -2.44. The summed E-state index contributed by atoms with van der Waals surface area (Å²) in [7, 11) is 0. The average Bonchev–Trinajstić information content (AvgIpc) is 2.86. The maximum atomic E-state index is 13.0. The molecule has 23 heavy (non-hydrogen) atoms. The Morgan fingerprint density at radius 2 is 1.83 bits per heavy atom. The molecule has 3 unspecified atom stereocenters. The molecule has 0 spiro atoms. The number of benzene rings is 1. The number of carbonyl (C=O) groups is 1. The van der Waals surface area contributed by atoms with E-state index in [4.69, 9.17) is 0 Å². The molecule has 4 atom stereocenters. The minimum atomic E-state index is 0.0363. The van der Waals surface area contributed by atoms with E-state index in [1.54, 1.807) is 0 Å². The third-order valence-corrected chi connectivity index (χ3v) is 5.53. The van der Waals surface area contributed by atoms with Crippen LogP contribution in [0.5, 0.6) is 0 Å². The van der Waals surface area contributed by atoms with E-state index >= 15 is 0 Å². The van der Waals surface area contributed by atoms with E-state index in [1.807, 2.05) is 6.07 Å². The second kappa shape index (κ2) is 5.18. The Morgan fingerprint density at radius 1 is 1.09 bits per heavy atom. The van der Waals surface area contributed by atoms with Crippen LogP contribution in [0.4, 0.5) is 0 Å². The van der Waals surface area contributed by atoms with Crippen molar-refractivity contribution in [3.05, 3.63) is 47.2 Å². The lowest BCUT2D eigenvalue weighted by atomic mass is 9.65. The Labute approximate surface area is 137 Å². The van der Waals surface area contributed by atoms with Gasteiger partial charge in [0.1, 0.15) is 0 Å². The highest BCUT2D eigenvalue weighted by molar-refractivity contribution is 5.99. The molecule has 3 N–H and O–H groups in total. The van der Waals surface area contributed by atoms with Crippen LogP contribution < -0.4 is 16.2 Å². The Morgan fingerprint density at radius 3 is 2.57 bits per heavy atom. The molecule has 3 aliphatic rings. The van der Waals surface area contributed by atoms with Crippen LogP contribution in [-0.4, -0.2) is 18.0 Å². The van der Waals surface area contributed by atoms with Crippen molar-refractivity contribution in [2.75, 3.05) is 0 Å².